The lowest BCUT2D eigenvalue weighted by atomic mass is 9.79. The lowest BCUT2D eigenvalue weighted by molar-refractivity contribution is -0.139. The fraction of sp³-hybridized carbons (Fsp3) is 0.524. The van der Waals surface area contributed by atoms with Gasteiger partial charge in [0.1, 0.15) is 12.1 Å². The molecule has 3 N–H and O–H groups in total. The first kappa shape index (κ1) is 25.9. The Balaban J connectivity index is 3.31. The minimum atomic E-state index is -1.36. The van der Waals surface area contributed by atoms with E-state index in [0.717, 1.165) is 0 Å². The van der Waals surface area contributed by atoms with Crippen LogP contribution in [0.2, 0.25) is 0 Å². The third-order valence-electron chi connectivity index (χ3n) is 4.55. The number of carbonyl (C=O) groups is 4. The van der Waals surface area contributed by atoms with E-state index in [4.69, 9.17) is 24.7 Å². The van der Waals surface area contributed by atoms with Gasteiger partial charge in [-0.2, -0.15) is 0 Å². The van der Waals surface area contributed by atoms with Crippen molar-refractivity contribution in [3.8, 4) is 11.5 Å². The summed E-state index contributed by atoms with van der Waals surface area (Å²) in [5.41, 5.74) is 6.34. The van der Waals surface area contributed by atoms with Crippen LogP contribution < -0.4 is 15.2 Å². The van der Waals surface area contributed by atoms with Gasteiger partial charge in [-0.3, -0.25) is 14.4 Å². The molecule has 10 heteroatoms. The van der Waals surface area contributed by atoms with Gasteiger partial charge in [-0.25, -0.2) is 4.79 Å². The molecule has 1 aromatic rings. The molecule has 0 aliphatic heterocycles. The van der Waals surface area contributed by atoms with Gasteiger partial charge in [-0.1, -0.05) is 19.9 Å². The second-order valence-electron chi connectivity index (χ2n) is 7.06. The molecule has 10 nitrogen and oxygen atoms in total. The van der Waals surface area contributed by atoms with Gasteiger partial charge in [0.25, 0.3) is 0 Å². The zero-order valence-corrected chi connectivity index (χ0v) is 18.2. The Morgan fingerprint density at radius 3 is 2.13 bits per heavy atom. The van der Waals surface area contributed by atoms with E-state index in [-0.39, 0.29) is 18.1 Å². The first-order valence-corrected chi connectivity index (χ1v) is 9.80. The molecule has 1 aromatic carbocycles. The average Bonchev–Trinajstić information content (AvgIpc) is 2.67. The molecule has 0 heterocycles. The highest BCUT2D eigenvalue weighted by Gasteiger charge is 2.36. The summed E-state index contributed by atoms with van der Waals surface area (Å²) in [4.78, 5) is 46.3. The monoisotopic (exact) mass is 439 g/mol. The van der Waals surface area contributed by atoms with Crippen LogP contribution in [0.3, 0.4) is 0 Å². The Bertz CT molecular complexity index is 808. The van der Waals surface area contributed by atoms with Crippen LogP contribution >= 0.6 is 0 Å². The van der Waals surface area contributed by atoms with Crippen molar-refractivity contribution >= 4 is 24.1 Å². The molecule has 0 saturated heterocycles. The third-order valence-corrected chi connectivity index (χ3v) is 4.55. The van der Waals surface area contributed by atoms with Gasteiger partial charge >= 0.3 is 24.1 Å². The van der Waals surface area contributed by atoms with E-state index >= 15 is 0 Å². The summed E-state index contributed by atoms with van der Waals surface area (Å²) in [5.74, 6) is -4.03. The summed E-state index contributed by atoms with van der Waals surface area (Å²) in [6.45, 7) is 7.66. The highest BCUT2D eigenvalue weighted by atomic mass is 16.7. The molecule has 0 aliphatic rings. The normalized spacial score (nSPS) is 14.5. The molecule has 0 aliphatic carbocycles. The Morgan fingerprint density at radius 1 is 1.03 bits per heavy atom. The Labute approximate surface area is 180 Å². The largest absolute Gasteiger partial charge is 0.508 e. The van der Waals surface area contributed by atoms with Crippen LogP contribution in [0.5, 0.6) is 11.5 Å². The number of nitrogens with two attached hydrogens (primary N) is 1. The quantitative estimate of drug-likeness (QED) is 0.411. The Morgan fingerprint density at radius 2 is 1.61 bits per heavy atom. The fourth-order valence-corrected chi connectivity index (χ4v) is 2.97. The summed E-state index contributed by atoms with van der Waals surface area (Å²) in [7, 11) is 0. The molecule has 0 fully saturated rings. The summed E-state index contributed by atoms with van der Waals surface area (Å²) in [6.07, 6.45) is -0.987. The zero-order valence-electron chi connectivity index (χ0n) is 18.2. The smallest absolute Gasteiger partial charge is 0.480 e. The summed E-state index contributed by atoms with van der Waals surface area (Å²) < 4.78 is 20.3. The molecular weight excluding hydrogens is 410 g/mol. The van der Waals surface area contributed by atoms with Gasteiger partial charge in [0, 0.05) is 25.7 Å². The minimum absolute atomic E-state index is 0.00538. The number of hydrogen-bond donors (Lipinski definition) is 2. The molecule has 1 rings (SSSR count). The van der Waals surface area contributed by atoms with Gasteiger partial charge in [-0.05, 0) is 31.0 Å². The molecule has 4 atom stereocenters. The van der Waals surface area contributed by atoms with Crippen LogP contribution in [0.25, 0.3) is 0 Å². The highest BCUT2D eigenvalue weighted by Crippen LogP contribution is 2.37. The van der Waals surface area contributed by atoms with Gasteiger partial charge in [-0.15, -0.1) is 0 Å². The van der Waals surface area contributed by atoms with Crippen molar-refractivity contribution in [3.05, 3.63) is 23.8 Å². The van der Waals surface area contributed by atoms with Crippen LogP contribution in [0, 0.1) is 5.92 Å². The summed E-state index contributed by atoms with van der Waals surface area (Å²) in [6, 6.07) is 2.91. The lowest BCUT2D eigenvalue weighted by Gasteiger charge is -2.31. The van der Waals surface area contributed by atoms with Gasteiger partial charge < -0.3 is 29.8 Å². The summed E-state index contributed by atoms with van der Waals surface area (Å²) >= 11 is 0. The fourth-order valence-electron chi connectivity index (χ4n) is 2.97. The molecule has 0 aromatic heterocycles. The van der Waals surface area contributed by atoms with E-state index in [9.17, 15) is 24.3 Å². The van der Waals surface area contributed by atoms with E-state index in [2.05, 4.69) is 0 Å². The van der Waals surface area contributed by atoms with E-state index in [0.29, 0.717) is 12.0 Å². The van der Waals surface area contributed by atoms with Crippen LogP contribution in [0.15, 0.2) is 18.2 Å². The number of aliphatic carboxylic acids is 1. The van der Waals surface area contributed by atoms with Crippen molar-refractivity contribution in [2.75, 3.05) is 6.61 Å². The van der Waals surface area contributed by atoms with Crippen molar-refractivity contribution in [1.82, 2.24) is 0 Å². The van der Waals surface area contributed by atoms with Crippen molar-refractivity contribution < 1.29 is 43.2 Å². The first-order chi connectivity index (χ1) is 14.5. The van der Waals surface area contributed by atoms with Gasteiger partial charge in [0.2, 0.25) is 0 Å². The predicted octanol–water partition coefficient (Wildman–Crippen LogP) is 2.62. The molecule has 172 valence electrons. The third kappa shape index (κ3) is 7.89. The van der Waals surface area contributed by atoms with Crippen LogP contribution in [-0.4, -0.2) is 47.9 Å². The maximum atomic E-state index is 11.8. The number of benzene rings is 1. The maximum Gasteiger partial charge on any atom is 0.508 e. The molecule has 0 spiro atoms. The topological polar surface area (TPSA) is 151 Å². The molecule has 0 saturated carbocycles. The zero-order chi connectivity index (χ0) is 23.7. The van der Waals surface area contributed by atoms with Crippen LogP contribution in [0.4, 0.5) is 4.79 Å². The predicted molar refractivity (Wildman–Crippen MR) is 109 cm³/mol. The lowest BCUT2D eigenvalue weighted by Crippen LogP contribution is -2.42. The second-order valence-corrected chi connectivity index (χ2v) is 7.06. The SMILES string of the molecule is CCCOC(=O)OC(C)C(C)C(c1ccc(OC(C)=O)c(OC(C)=O)c1)[C@H](N)C(=O)O. The highest BCUT2D eigenvalue weighted by molar-refractivity contribution is 5.76. The summed E-state index contributed by atoms with van der Waals surface area (Å²) in [5, 5.41) is 9.52. The van der Waals surface area contributed by atoms with E-state index in [1.165, 1.54) is 32.0 Å². The van der Waals surface area contributed by atoms with Crippen LogP contribution in [0.1, 0.15) is 52.5 Å². The number of carboxylic acid groups (broad SMARTS) is 1. The van der Waals surface area contributed by atoms with Crippen molar-refractivity contribution in [2.45, 2.75) is 59.1 Å². The average molecular weight is 439 g/mol. The van der Waals surface area contributed by atoms with E-state index in [1.807, 2.05) is 6.92 Å². The standard InChI is InChI=1S/C21H29NO9/c1-6-9-28-21(27)29-12(3)11(2)18(19(22)20(25)26)15-7-8-16(30-13(4)23)17(10-15)31-14(5)24/h7-8,10-12,18-19H,6,9,22H2,1-5H3,(H,25,26)/t11?,12?,18?,19-/m0/s1. The maximum absolute atomic E-state index is 11.8. The Kier molecular flexibility index (Phi) is 9.94. The number of hydrogen-bond acceptors (Lipinski definition) is 9. The van der Waals surface area contributed by atoms with Crippen molar-refractivity contribution in [3.63, 3.8) is 0 Å². The molecule has 3 unspecified atom stereocenters. The number of rotatable bonds is 10. The Hall–Kier alpha value is -3.14. The number of carbonyl (C=O) groups excluding carboxylic acids is 3. The molecule has 0 amide bonds. The van der Waals surface area contributed by atoms with Crippen molar-refractivity contribution in [1.29, 1.82) is 0 Å². The molecule has 0 radical (unpaired) electrons. The van der Waals surface area contributed by atoms with E-state index < -0.39 is 48.0 Å². The van der Waals surface area contributed by atoms with Gasteiger partial charge in [0.15, 0.2) is 11.5 Å². The minimum Gasteiger partial charge on any atom is -0.480 e. The first-order valence-electron chi connectivity index (χ1n) is 9.80. The second kappa shape index (κ2) is 11.9. The van der Waals surface area contributed by atoms with Crippen molar-refractivity contribution in [2.24, 2.45) is 11.7 Å². The molecular formula is C21H29NO9. The van der Waals surface area contributed by atoms with Crippen LogP contribution in [-0.2, 0) is 23.9 Å². The molecule has 31 heavy (non-hydrogen) atoms. The number of ether oxygens (including phenoxy) is 4. The molecule has 0 bridgehead atoms. The van der Waals surface area contributed by atoms with E-state index in [1.54, 1.807) is 13.8 Å². The number of carboxylic acids is 1. The number of esters is 2. The van der Waals surface area contributed by atoms with Gasteiger partial charge in [0.05, 0.1) is 6.61 Å².